The molecule has 19 heavy (non-hydrogen) atoms. The summed E-state index contributed by atoms with van der Waals surface area (Å²) in [6.45, 7) is 3.88. The molecule has 0 atom stereocenters. The maximum absolute atomic E-state index is 11.7. The number of carbonyl (C=O) groups excluding carboxylic acids is 3. The fourth-order valence-electron chi connectivity index (χ4n) is 1.17. The third-order valence-corrected chi connectivity index (χ3v) is 2.21. The molecular weight excluding hydrogens is 252 g/mol. The van der Waals surface area contributed by atoms with Crippen LogP contribution in [0.4, 0.5) is 4.79 Å². The van der Waals surface area contributed by atoms with Crippen LogP contribution in [0.1, 0.15) is 20.3 Å². The van der Waals surface area contributed by atoms with Gasteiger partial charge in [0, 0.05) is 14.1 Å². The van der Waals surface area contributed by atoms with Crippen LogP contribution >= 0.6 is 0 Å². The number of amides is 2. The zero-order chi connectivity index (χ0) is 14.8. The third-order valence-electron chi connectivity index (χ3n) is 2.21. The molecular formula is C12H22N2O5. The maximum atomic E-state index is 11.7. The van der Waals surface area contributed by atoms with E-state index in [-0.39, 0.29) is 25.6 Å². The Kier molecular flexibility index (Phi) is 8.32. The van der Waals surface area contributed by atoms with Gasteiger partial charge in [-0.1, -0.05) is 6.92 Å². The second kappa shape index (κ2) is 9.18. The van der Waals surface area contributed by atoms with Gasteiger partial charge in [-0.05, 0) is 13.3 Å². The monoisotopic (exact) mass is 274 g/mol. The Bertz CT molecular complexity index is 319. The molecule has 0 aliphatic rings. The first-order valence-corrected chi connectivity index (χ1v) is 6.19. The summed E-state index contributed by atoms with van der Waals surface area (Å²) in [5.41, 5.74) is 0. The first kappa shape index (κ1) is 17.2. The Labute approximate surface area is 113 Å². The second-order valence-corrected chi connectivity index (χ2v) is 4.03. The van der Waals surface area contributed by atoms with Crippen molar-refractivity contribution in [3.8, 4) is 0 Å². The summed E-state index contributed by atoms with van der Waals surface area (Å²) in [6.07, 6.45) is 0.160. The lowest BCUT2D eigenvalue weighted by Crippen LogP contribution is -2.41. The van der Waals surface area contributed by atoms with E-state index < -0.39 is 12.1 Å². The smallest absolute Gasteiger partial charge is 0.409 e. The molecule has 0 spiro atoms. The fourth-order valence-corrected chi connectivity index (χ4v) is 1.17. The Morgan fingerprint density at radius 1 is 0.947 bits per heavy atom. The second-order valence-electron chi connectivity index (χ2n) is 4.03. The molecule has 0 N–H and O–H groups in total. The Hall–Kier alpha value is -1.79. The largest absolute Gasteiger partial charge is 0.464 e. The molecule has 0 aromatic rings. The molecule has 0 aromatic heterocycles. The van der Waals surface area contributed by atoms with Crippen molar-refractivity contribution in [1.82, 2.24) is 9.80 Å². The Morgan fingerprint density at radius 2 is 1.58 bits per heavy atom. The van der Waals surface area contributed by atoms with Crippen molar-refractivity contribution in [3.05, 3.63) is 0 Å². The van der Waals surface area contributed by atoms with E-state index in [4.69, 9.17) is 9.47 Å². The summed E-state index contributed by atoms with van der Waals surface area (Å²) in [4.78, 5) is 36.7. The average Bonchev–Trinajstić information content (AvgIpc) is 2.36. The van der Waals surface area contributed by atoms with Crippen LogP contribution in [0.3, 0.4) is 0 Å². The Morgan fingerprint density at radius 3 is 2.11 bits per heavy atom. The lowest BCUT2D eigenvalue weighted by molar-refractivity contribution is -0.148. The predicted molar refractivity (Wildman–Crippen MR) is 68.5 cm³/mol. The van der Waals surface area contributed by atoms with Crippen molar-refractivity contribution in [2.45, 2.75) is 20.3 Å². The molecule has 2 amide bonds. The van der Waals surface area contributed by atoms with E-state index >= 15 is 0 Å². The van der Waals surface area contributed by atoms with Gasteiger partial charge >= 0.3 is 12.1 Å². The molecule has 0 rings (SSSR count). The number of hydrogen-bond acceptors (Lipinski definition) is 5. The summed E-state index contributed by atoms with van der Waals surface area (Å²) >= 11 is 0. The third kappa shape index (κ3) is 7.28. The normalized spacial score (nSPS) is 9.68. The zero-order valence-electron chi connectivity index (χ0n) is 12.0. The van der Waals surface area contributed by atoms with Crippen molar-refractivity contribution in [1.29, 1.82) is 0 Å². The SMILES string of the molecule is CCCOC(=O)CN(C)C(=O)CN(C)C(=O)OCC. The highest BCUT2D eigenvalue weighted by atomic mass is 16.6. The average molecular weight is 274 g/mol. The van der Waals surface area contributed by atoms with Crippen LogP contribution in [-0.4, -0.2) is 68.2 Å². The number of esters is 1. The zero-order valence-corrected chi connectivity index (χ0v) is 12.0. The van der Waals surface area contributed by atoms with Crippen LogP contribution in [0.25, 0.3) is 0 Å². The number of carbonyl (C=O) groups is 3. The van der Waals surface area contributed by atoms with E-state index in [0.29, 0.717) is 6.61 Å². The van der Waals surface area contributed by atoms with Gasteiger partial charge < -0.3 is 19.3 Å². The summed E-state index contributed by atoms with van der Waals surface area (Å²) in [6, 6.07) is 0. The molecule has 0 aromatic carbocycles. The molecule has 0 saturated heterocycles. The highest BCUT2D eigenvalue weighted by Gasteiger charge is 2.18. The van der Waals surface area contributed by atoms with Gasteiger partial charge in [0.05, 0.1) is 13.2 Å². The van der Waals surface area contributed by atoms with Crippen molar-refractivity contribution in [3.63, 3.8) is 0 Å². The van der Waals surface area contributed by atoms with E-state index in [2.05, 4.69) is 0 Å². The topological polar surface area (TPSA) is 76.2 Å². The quantitative estimate of drug-likeness (QED) is 0.631. The van der Waals surface area contributed by atoms with Crippen LogP contribution < -0.4 is 0 Å². The lowest BCUT2D eigenvalue weighted by atomic mass is 10.4. The standard InChI is InChI=1S/C12H22N2O5/c1-5-7-19-11(16)9-13(3)10(15)8-14(4)12(17)18-6-2/h5-9H2,1-4H3. The molecule has 0 heterocycles. The number of likely N-dealkylation sites (N-methyl/N-ethyl adjacent to an activating group) is 2. The van der Waals surface area contributed by atoms with Crippen molar-refractivity contribution < 1.29 is 23.9 Å². The van der Waals surface area contributed by atoms with Crippen molar-refractivity contribution >= 4 is 18.0 Å². The minimum atomic E-state index is -0.571. The van der Waals surface area contributed by atoms with Gasteiger partial charge in [-0.25, -0.2) is 4.79 Å². The van der Waals surface area contributed by atoms with Gasteiger partial charge in [0.2, 0.25) is 5.91 Å². The molecule has 0 bridgehead atoms. The van der Waals surface area contributed by atoms with Crippen LogP contribution in [0, 0.1) is 0 Å². The molecule has 7 nitrogen and oxygen atoms in total. The van der Waals surface area contributed by atoms with Gasteiger partial charge in [0.15, 0.2) is 0 Å². The summed E-state index contributed by atoms with van der Waals surface area (Å²) in [5, 5.41) is 0. The van der Waals surface area contributed by atoms with Gasteiger partial charge in [0.1, 0.15) is 13.1 Å². The first-order valence-electron chi connectivity index (χ1n) is 6.19. The molecule has 0 radical (unpaired) electrons. The number of nitrogens with zero attached hydrogens (tertiary/aromatic N) is 2. The lowest BCUT2D eigenvalue weighted by Gasteiger charge is -2.20. The molecule has 0 aliphatic heterocycles. The molecule has 0 fully saturated rings. The molecule has 0 saturated carbocycles. The number of ether oxygens (including phenoxy) is 2. The van der Waals surface area contributed by atoms with E-state index in [0.717, 1.165) is 11.3 Å². The Balaban J connectivity index is 4.12. The molecule has 0 aliphatic carbocycles. The van der Waals surface area contributed by atoms with Gasteiger partial charge in [-0.2, -0.15) is 0 Å². The van der Waals surface area contributed by atoms with E-state index in [1.807, 2.05) is 6.92 Å². The summed E-state index contributed by atoms with van der Waals surface area (Å²) < 4.78 is 9.61. The van der Waals surface area contributed by atoms with Gasteiger partial charge in [-0.15, -0.1) is 0 Å². The highest BCUT2D eigenvalue weighted by Crippen LogP contribution is 1.95. The highest BCUT2D eigenvalue weighted by molar-refractivity contribution is 5.85. The van der Waals surface area contributed by atoms with Crippen LogP contribution in [0.15, 0.2) is 0 Å². The van der Waals surface area contributed by atoms with Crippen LogP contribution in [-0.2, 0) is 19.1 Å². The van der Waals surface area contributed by atoms with Crippen molar-refractivity contribution in [2.24, 2.45) is 0 Å². The number of rotatable bonds is 7. The minimum Gasteiger partial charge on any atom is -0.464 e. The summed E-state index contributed by atoms with van der Waals surface area (Å²) in [7, 11) is 2.94. The number of hydrogen-bond donors (Lipinski definition) is 0. The van der Waals surface area contributed by atoms with Gasteiger partial charge in [-0.3, -0.25) is 9.59 Å². The van der Waals surface area contributed by atoms with E-state index in [9.17, 15) is 14.4 Å². The maximum Gasteiger partial charge on any atom is 0.409 e. The van der Waals surface area contributed by atoms with Crippen molar-refractivity contribution in [2.75, 3.05) is 40.4 Å². The van der Waals surface area contributed by atoms with E-state index in [1.54, 1.807) is 6.92 Å². The molecule has 0 unspecified atom stereocenters. The minimum absolute atomic E-state index is 0.129. The summed E-state index contributed by atoms with van der Waals surface area (Å²) in [5.74, 6) is -0.819. The molecule has 7 heteroatoms. The van der Waals surface area contributed by atoms with Gasteiger partial charge in [0.25, 0.3) is 0 Å². The molecule has 110 valence electrons. The first-order chi connectivity index (χ1) is 8.92. The fraction of sp³-hybridized carbons (Fsp3) is 0.750. The van der Waals surface area contributed by atoms with Crippen LogP contribution in [0.2, 0.25) is 0 Å². The van der Waals surface area contributed by atoms with E-state index in [1.165, 1.54) is 19.0 Å². The van der Waals surface area contributed by atoms with Crippen LogP contribution in [0.5, 0.6) is 0 Å². The predicted octanol–water partition coefficient (Wildman–Crippen LogP) is 0.486.